The van der Waals surface area contributed by atoms with Gasteiger partial charge in [0.15, 0.2) is 8.32 Å². The number of amides is 2. The number of esters is 1. The van der Waals surface area contributed by atoms with E-state index in [0.717, 1.165) is 10.5 Å². The van der Waals surface area contributed by atoms with Crippen LogP contribution in [0.5, 0.6) is 0 Å². The first kappa shape index (κ1) is 26.8. The Hall–Kier alpha value is -2.45. The van der Waals surface area contributed by atoms with Crippen molar-refractivity contribution in [3.63, 3.8) is 0 Å². The van der Waals surface area contributed by atoms with Crippen molar-refractivity contribution in [2.45, 2.75) is 91.0 Å². The Kier molecular flexibility index (Phi) is 7.96. The first-order valence-corrected chi connectivity index (χ1v) is 14.1. The molecule has 0 spiro atoms. The zero-order valence-electron chi connectivity index (χ0n) is 21.2. The molecule has 182 valence electrons. The highest BCUT2D eigenvalue weighted by Gasteiger charge is 2.47. The number of nitrogens with zero attached hydrogens (tertiary/aromatic N) is 1. The summed E-state index contributed by atoms with van der Waals surface area (Å²) in [5.74, 6) is -1.54. The third-order valence-electron chi connectivity index (χ3n) is 5.92. The summed E-state index contributed by atoms with van der Waals surface area (Å²) in [5.41, 5.74) is -0.234. The summed E-state index contributed by atoms with van der Waals surface area (Å²) in [4.78, 5) is 40.1. The largest absolute Gasteiger partial charge is 0.457 e. The van der Waals surface area contributed by atoms with Gasteiger partial charge in [-0.15, -0.1) is 0 Å². The molecule has 0 saturated heterocycles. The summed E-state index contributed by atoms with van der Waals surface area (Å²) in [5, 5.41) is -0.104. The SMILES string of the molecule is C[C@@H]1[C@@H](O[Si](C)(C)C(C)(C)C)C=C(C(=O)OCc2ccccc2)C(=O)N1C(=O)OC(C)(C)C. The maximum Gasteiger partial charge on any atom is 0.417 e. The number of benzene rings is 1. The number of ether oxygens (including phenoxy) is 2. The van der Waals surface area contributed by atoms with E-state index in [1.165, 1.54) is 6.08 Å². The first-order chi connectivity index (χ1) is 15.0. The van der Waals surface area contributed by atoms with E-state index in [0.29, 0.717) is 0 Å². The minimum atomic E-state index is -2.29. The average molecular weight is 476 g/mol. The standard InChI is InChI=1S/C25H37NO6Si/c1-17-20(32-33(8,9)25(5,6)7)15-19(21(27)26(17)23(29)31-24(2,3)4)22(28)30-16-18-13-11-10-12-14-18/h10-15,17,20H,16H2,1-9H3/t17-,20+/m1/s1. The molecule has 0 fully saturated rings. The molecule has 0 aliphatic carbocycles. The Morgan fingerprint density at radius 3 is 2.12 bits per heavy atom. The highest BCUT2D eigenvalue weighted by molar-refractivity contribution is 6.74. The van der Waals surface area contributed by atoms with Crippen molar-refractivity contribution in [3.05, 3.63) is 47.5 Å². The third kappa shape index (κ3) is 6.77. The zero-order chi connectivity index (χ0) is 25.2. The van der Waals surface area contributed by atoms with Gasteiger partial charge in [-0.05, 0) is 57.5 Å². The van der Waals surface area contributed by atoms with Gasteiger partial charge in [0.2, 0.25) is 0 Å². The van der Waals surface area contributed by atoms with Gasteiger partial charge in [-0.3, -0.25) is 4.79 Å². The van der Waals surface area contributed by atoms with Gasteiger partial charge < -0.3 is 13.9 Å². The van der Waals surface area contributed by atoms with E-state index >= 15 is 0 Å². The quantitative estimate of drug-likeness (QED) is 0.330. The van der Waals surface area contributed by atoms with E-state index in [9.17, 15) is 14.4 Å². The van der Waals surface area contributed by atoms with Gasteiger partial charge in [0.1, 0.15) is 17.8 Å². The summed E-state index contributed by atoms with van der Waals surface area (Å²) in [6, 6.07) is 8.53. The van der Waals surface area contributed by atoms with Gasteiger partial charge in [-0.2, -0.15) is 0 Å². The molecule has 0 radical (unpaired) electrons. The Bertz CT molecular complexity index is 911. The molecule has 1 heterocycles. The fourth-order valence-electron chi connectivity index (χ4n) is 3.00. The van der Waals surface area contributed by atoms with Crippen LogP contribution in [0.4, 0.5) is 4.79 Å². The van der Waals surface area contributed by atoms with Crippen LogP contribution in [-0.2, 0) is 30.1 Å². The van der Waals surface area contributed by atoms with E-state index in [4.69, 9.17) is 13.9 Å². The van der Waals surface area contributed by atoms with Gasteiger partial charge in [0.25, 0.3) is 5.91 Å². The lowest BCUT2D eigenvalue weighted by atomic mass is 10.0. The average Bonchev–Trinajstić information content (AvgIpc) is 2.66. The normalized spacial score (nSPS) is 19.7. The van der Waals surface area contributed by atoms with Gasteiger partial charge in [-0.25, -0.2) is 14.5 Å². The second-order valence-electron chi connectivity index (χ2n) is 10.9. The van der Waals surface area contributed by atoms with Crippen LogP contribution in [0.1, 0.15) is 54.0 Å². The Morgan fingerprint density at radius 2 is 1.61 bits per heavy atom. The van der Waals surface area contributed by atoms with E-state index in [1.807, 2.05) is 30.3 Å². The van der Waals surface area contributed by atoms with Crippen molar-refractivity contribution in [1.82, 2.24) is 4.90 Å². The number of imide groups is 1. The van der Waals surface area contributed by atoms with Crippen molar-refractivity contribution in [2.75, 3.05) is 0 Å². The molecular formula is C25H37NO6Si. The van der Waals surface area contributed by atoms with Crippen LogP contribution >= 0.6 is 0 Å². The molecule has 0 N–H and O–H groups in total. The maximum absolute atomic E-state index is 13.2. The first-order valence-electron chi connectivity index (χ1n) is 11.2. The van der Waals surface area contributed by atoms with Crippen LogP contribution in [0.15, 0.2) is 42.0 Å². The second kappa shape index (κ2) is 9.81. The molecule has 8 heteroatoms. The molecule has 0 unspecified atom stereocenters. The minimum absolute atomic E-state index is 0.0139. The number of carbonyl (C=O) groups is 3. The fourth-order valence-corrected chi connectivity index (χ4v) is 4.30. The molecule has 7 nitrogen and oxygen atoms in total. The summed E-state index contributed by atoms with van der Waals surface area (Å²) in [7, 11) is -2.29. The molecule has 0 saturated carbocycles. The van der Waals surface area contributed by atoms with E-state index < -0.39 is 44.0 Å². The van der Waals surface area contributed by atoms with Crippen LogP contribution in [0.2, 0.25) is 18.1 Å². The summed E-state index contributed by atoms with van der Waals surface area (Å²) < 4.78 is 17.4. The van der Waals surface area contributed by atoms with E-state index in [-0.39, 0.29) is 17.2 Å². The van der Waals surface area contributed by atoms with Crippen molar-refractivity contribution in [1.29, 1.82) is 0 Å². The van der Waals surface area contributed by atoms with Crippen LogP contribution in [0.25, 0.3) is 0 Å². The second-order valence-corrected chi connectivity index (χ2v) is 15.6. The van der Waals surface area contributed by atoms with E-state index in [2.05, 4.69) is 33.9 Å². The predicted octanol–water partition coefficient (Wildman–Crippen LogP) is 5.21. The number of hydrogen-bond acceptors (Lipinski definition) is 6. The Balaban J connectivity index is 2.38. The van der Waals surface area contributed by atoms with Crippen LogP contribution in [0.3, 0.4) is 0 Å². The molecule has 0 aromatic heterocycles. The topological polar surface area (TPSA) is 82.1 Å². The van der Waals surface area contributed by atoms with Crippen molar-refractivity contribution in [2.24, 2.45) is 0 Å². The summed E-state index contributed by atoms with van der Waals surface area (Å²) in [6.45, 7) is 17.4. The Morgan fingerprint density at radius 1 is 1.03 bits per heavy atom. The fraction of sp³-hybridized carbons (Fsp3) is 0.560. The summed E-state index contributed by atoms with van der Waals surface area (Å²) in [6.07, 6.45) is 0.0301. The molecule has 0 bridgehead atoms. The predicted molar refractivity (Wildman–Crippen MR) is 129 cm³/mol. The Labute approximate surface area is 198 Å². The van der Waals surface area contributed by atoms with E-state index in [1.54, 1.807) is 27.7 Å². The molecule has 1 aliphatic heterocycles. The van der Waals surface area contributed by atoms with Gasteiger partial charge >= 0.3 is 12.1 Å². The summed E-state index contributed by atoms with van der Waals surface area (Å²) >= 11 is 0. The lowest BCUT2D eigenvalue weighted by molar-refractivity contribution is -0.145. The third-order valence-corrected chi connectivity index (χ3v) is 10.4. The molecular weight excluding hydrogens is 438 g/mol. The lowest BCUT2D eigenvalue weighted by Gasteiger charge is -2.43. The highest BCUT2D eigenvalue weighted by atomic mass is 28.4. The monoisotopic (exact) mass is 475 g/mol. The van der Waals surface area contributed by atoms with Crippen LogP contribution in [0, 0.1) is 0 Å². The van der Waals surface area contributed by atoms with Crippen molar-refractivity contribution in [3.8, 4) is 0 Å². The van der Waals surface area contributed by atoms with Crippen LogP contribution < -0.4 is 0 Å². The van der Waals surface area contributed by atoms with Crippen LogP contribution in [-0.4, -0.2) is 48.9 Å². The molecule has 1 aliphatic rings. The lowest BCUT2D eigenvalue weighted by Crippen LogP contribution is -2.57. The molecule has 1 aromatic carbocycles. The molecule has 2 amide bonds. The molecule has 2 rings (SSSR count). The zero-order valence-corrected chi connectivity index (χ0v) is 22.2. The number of carbonyl (C=O) groups excluding carboxylic acids is 3. The number of hydrogen-bond donors (Lipinski definition) is 0. The van der Waals surface area contributed by atoms with Gasteiger partial charge in [0, 0.05) is 0 Å². The number of rotatable bonds is 5. The van der Waals surface area contributed by atoms with Crippen molar-refractivity contribution < 1.29 is 28.3 Å². The molecule has 1 aromatic rings. The highest BCUT2D eigenvalue weighted by Crippen LogP contribution is 2.39. The van der Waals surface area contributed by atoms with Gasteiger partial charge in [-0.1, -0.05) is 51.1 Å². The van der Waals surface area contributed by atoms with Crippen molar-refractivity contribution >= 4 is 26.3 Å². The molecule has 2 atom stereocenters. The maximum atomic E-state index is 13.2. The smallest absolute Gasteiger partial charge is 0.417 e. The van der Waals surface area contributed by atoms with Gasteiger partial charge in [0.05, 0.1) is 12.1 Å². The molecule has 33 heavy (non-hydrogen) atoms. The minimum Gasteiger partial charge on any atom is -0.457 e.